The van der Waals surface area contributed by atoms with Crippen molar-refractivity contribution in [1.82, 2.24) is 15.1 Å². The lowest BCUT2D eigenvalue weighted by Crippen LogP contribution is -2.60. The number of nitrogens with zero attached hydrogens (tertiary/aromatic N) is 2. The van der Waals surface area contributed by atoms with Gasteiger partial charge < -0.3 is 15.1 Å². The van der Waals surface area contributed by atoms with E-state index >= 15 is 0 Å². The summed E-state index contributed by atoms with van der Waals surface area (Å²) in [6, 6.07) is 8.94. The predicted octanol–water partition coefficient (Wildman–Crippen LogP) is 3.23. The van der Waals surface area contributed by atoms with Crippen molar-refractivity contribution < 1.29 is 14.4 Å². The van der Waals surface area contributed by atoms with Crippen LogP contribution in [0, 0.1) is 5.41 Å². The Hall–Kier alpha value is -2.08. The molecule has 6 nitrogen and oxygen atoms in total. The summed E-state index contributed by atoms with van der Waals surface area (Å²) in [5.41, 5.74) is 0.209. The zero-order valence-corrected chi connectivity index (χ0v) is 20.0. The Kier molecular flexibility index (Phi) is 9.35. The molecule has 2 atom stereocenters. The summed E-state index contributed by atoms with van der Waals surface area (Å²) in [5.74, 6) is -0.0338. The molecule has 0 saturated carbocycles. The molecule has 1 aromatic carbocycles. The predicted molar refractivity (Wildman–Crippen MR) is 124 cm³/mol. The summed E-state index contributed by atoms with van der Waals surface area (Å²) in [6.07, 6.45) is 2.83. The second-order valence-electron chi connectivity index (χ2n) is 9.06. The zero-order chi connectivity index (χ0) is 23.0. The summed E-state index contributed by atoms with van der Waals surface area (Å²) in [5, 5.41) is 2.94. The van der Waals surface area contributed by atoms with Crippen LogP contribution in [0.4, 0.5) is 0 Å². The second-order valence-corrected chi connectivity index (χ2v) is 9.32. The van der Waals surface area contributed by atoms with E-state index in [0.717, 1.165) is 18.4 Å². The third-order valence-electron chi connectivity index (χ3n) is 5.84. The van der Waals surface area contributed by atoms with Gasteiger partial charge in [0.2, 0.25) is 17.7 Å². The monoisotopic (exact) mass is 449 g/mol. The zero-order valence-electron chi connectivity index (χ0n) is 19.2. The highest BCUT2D eigenvalue weighted by atomic mass is 35.5. The smallest absolute Gasteiger partial charge is 0.245 e. The summed E-state index contributed by atoms with van der Waals surface area (Å²) in [6.45, 7) is 9.04. The number of hydrogen-bond acceptors (Lipinski definition) is 3. The van der Waals surface area contributed by atoms with Gasteiger partial charge in [-0.25, -0.2) is 0 Å². The number of hydrogen-bond donors (Lipinski definition) is 1. The molecule has 31 heavy (non-hydrogen) atoms. The van der Waals surface area contributed by atoms with Crippen LogP contribution in [0.2, 0.25) is 0 Å². The maximum absolute atomic E-state index is 13.4. The van der Waals surface area contributed by atoms with Crippen molar-refractivity contribution in [2.75, 3.05) is 25.5 Å². The van der Waals surface area contributed by atoms with E-state index in [2.05, 4.69) is 12.2 Å². The van der Waals surface area contributed by atoms with Crippen molar-refractivity contribution >= 4 is 29.3 Å². The van der Waals surface area contributed by atoms with E-state index in [-0.39, 0.29) is 29.6 Å². The van der Waals surface area contributed by atoms with Crippen LogP contribution < -0.4 is 5.32 Å². The van der Waals surface area contributed by atoms with Gasteiger partial charge in [-0.3, -0.25) is 14.4 Å². The molecule has 1 aromatic rings. The fourth-order valence-corrected chi connectivity index (χ4v) is 3.81. The molecule has 1 N–H and O–H groups in total. The Bertz CT molecular complexity index is 754. The fourth-order valence-electron chi connectivity index (χ4n) is 3.68. The molecule has 2 unspecified atom stereocenters. The highest BCUT2D eigenvalue weighted by Crippen LogP contribution is 2.19. The molecule has 1 fully saturated rings. The Balaban J connectivity index is 2.11. The van der Waals surface area contributed by atoms with Gasteiger partial charge in [0.25, 0.3) is 0 Å². The summed E-state index contributed by atoms with van der Waals surface area (Å²) in [4.78, 5) is 42.3. The number of carbonyl (C=O) groups excluding carboxylic acids is 3. The fraction of sp³-hybridized carbons (Fsp3) is 0.625. The summed E-state index contributed by atoms with van der Waals surface area (Å²) < 4.78 is 0. The molecule has 0 aliphatic carbocycles. The van der Waals surface area contributed by atoms with Crippen molar-refractivity contribution in [2.45, 2.75) is 65.5 Å². The summed E-state index contributed by atoms with van der Waals surface area (Å²) in [7, 11) is 0. The van der Waals surface area contributed by atoms with Gasteiger partial charge in [-0.2, -0.15) is 0 Å². The molecule has 2 rings (SSSR count). The topological polar surface area (TPSA) is 69.7 Å². The van der Waals surface area contributed by atoms with Crippen molar-refractivity contribution in [2.24, 2.45) is 5.41 Å². The Morgan fingerprint density at radius 2 is 1.87 bits per heavy atom. The number of halogens is 1. The Morgan fingerprint density at radius 3 is 2.45 bits per heavy atom. The standard InChI is InChI=1S/C24H36ClN3O3/c1-5-6-12-21(29)28-14-13-27(16-18(28)2)22(30)20(15-19-10-8-7-9-11-19)26-23(31)24(3,4)17-25/h7-11,18,20H,5-6,12-17H2,1-4H3,(H,26,31). The van der Waals surface area contributed by atoms with Crippen molar-refractivity contribution in [3.63, 3.8) is 0 Å². The van der Waals surface area contributed by atoms with Gasteiger partial charge >= 0.3 is 0 Å². The second kappa shape index (κ2) is 11.5. The van der Waals surface area contributed by atoms with Crippen LogP contribution in [0.3, 0.4) is 0 Å². The first-order valence-electron chi connectivity index (χ1n) is 11.2. The van der Waals surface area contributed by atoms with Crippen LogP contribution in [0.5, 0.6) is 0 Å². The molecular formula is C24H36ClN3O3. The van der Waals surface area contributed by atoms with Crippen molar-refractivity contribution in [3.8, 4) is 0 Å². The lowest BCUT2D eigenvalue weighted by atomic mass is 9.94. The minimum atomic E-state index is -0.769. The van der Waals surface area contributed by atoms with Crippen LogP contribution in [0.25, 0.3) is 0 Å². The van der Waals surface area contributed by atoms with E-state index in [1.165, 1.54) is 0 Å². The van der Waals surface area contributed by atoms with Gasteiger partial charge in [0, 0.05) is 44.4 Å². The van der Waals surface area contributed by atoms with Gasteiger partial charge in [0.1, 0.15) is 6.04 Å². The maximum Gasteiger partial charge on any atom is 0.245 e. The molecular weight excluding hydrogens is 414 g/mol. The highest BCUT2D eigenvalue weighted by molar-refractivity contribution is 6.19. The van der Waals surface area contributed by atoms with Gasteiger partial charge in [0.05, 0.1) is 5.41 Å². The lowest BCUT2D eigenvalue weighted by Gasteiger charge is -2.41. The van der Waals surface area contributed by atoms with E-state index in [0.29, 0.717) is 32.5 Å². The van der Waals surface area contributed by atoms with Crippen molar-refractivity contribution in [3.05, 3.63) is 35.9 Å². The van der Waals surface area contributed by atoms with Crippen LogP contribution >= 0.6 is 11.6 Å². The summed E-state index contributed by atoms with van der Waals surface area (Å²) >= 11 is 5.97. The van der Waals surface area contributed by atoms with Crippen LogP contribution in [0.1, 0.15) is 52.5 Å². The normalized spacial score (nSPS) is 17.9. The first kappa shape index (κ1) is 25.2. The third-order valence-corrected chi connectivity index (χ3v) is 6.51. The van der Waals surface area contributed by atoms with E-state index in [1.807, 2.05) is 42.2 Å². The largest absolute Gasteiger partial charge is 0.343 e. The highest BCUT2D eigenvalue weighted by Gasteiger charge is 2.35. The molecule has 0 spiro atoms. The minimum absolute atomic E-state index is 0.0468. The number of unbranched alkanes of at least 4 members (excludes halogenated alkanes) is 1. The molecule has 1 aliphatic rings. The van der Waals surface area contributed by atoms with Gasteiger partial charge in [-0.15, -0.1) is 11.6 Å². The molecule has 1 heterocycles. The molecule has 0 aromatic heterocycles. The van der Waals surface area contributed by atoms with E-state index < -0.39 is 11.5 Å². The van der Waals surface area contributed by atoms with E-state index in [9.17, 15) is 14.4 Å². The van der Waals surface area contributed by atoms with Crippen LogP contribution in [0.15, 0.2) is 30.3 Å². The van der Waals surface area contributed by atoms with Gasteiger partial charge in [-0.1, -0.05) is 43.7 Å². The number of alkyl halides is 1. The average molecular weight is 450 g/mol. The van der Waals surface area contributed by atoms with Crippen molar-refractivity contribution in [1.29, 1.82) is 0 Å². The molecule has 3 amide bonds. The minimum Gasteiger partial charge on any atom is -0.343 e. The number of rotatable bonds is 9. The molecule has 1 saturated heterocycles. The quantitative estimate of drug-likeness (QED) is 0.588. The number of carbonyl (C=O) groups is 3. The van der Waals surface area contributed by atoms with E-state index in [1.54, 1.807) is 18.7 Å². The first-order chi connectivity index (χ1) is 14.7. The lowest BCUT2D eigenvalue weighted by molar-refractivity contribution is -0.145. The average Bonchev–Trinajstić information content (AvgIpc) is 2.76. The molecule has 0 bridgehead atoms. The van der Waals surface area contributed by atoms with Gasteiger partial charge in [-0.05, 0) is 32.8 Å². The van der Waals surface area contributed by atoms with Crippen LogP contribution in [-0.4, -0.2) is 65.1 Å². The molecule has 0 radical (unpaired) electrons. The molecule has 172 valence electrons. The van der Waals surface area contributed by atoms with Crippen LogP contribution in [-0.2, 0) is 20.8 Å². The van der Waals surface area contributed by atoms with Gasteiger partial charge in [0.15, 0.2) is 0 Å². The molecule has 7 heteroatoms. The number of benzene rings is 1. The number of amides is 3. The number of nitrogens with one attached hydrogen (secondary N) is 1. The van der Waals surface area contributed by atoms with E-state index in [4.69, 9.17) is 11.6 Å². The first-order valence-corrected chi connectivity index (χ1v) is 11.7. The number of piperazine rings is 1. The Morgan fingerprint density at radius 1 is 1.19 bits per heavy atom. The Labute approximate surface area is 191 Å². The third kappa shape index (κ3) is 6.96. The SMILES string of the molecule is CCCCC(=O)N1CCN(C(=O)C(Cc2ccccc2)NC(=O)C(C)(C)CCl)CC1C. The maximum atomic E-state index is 13.4. The molecule has 1 aliphatic heterocycles.